The number of carbonyl (C=O) groups excluding carboxylic acids is 1. The summed E-state index contributed by atoms with van der Waals surface area (Å²) in [5, 5.41) is 0. The van der Waals surface area contributed by atoms with Gasteiger partial charge in [-0.15, -0.1) is 0 Å². The van der Waals surface area contributed by atoms with Gasteiger partial charge in [0, 0.05) is 12.3 Å². The molecule has 1 aliphatic carbocycles. The van der Waals surface area contributed by atoms with Crippen molar-refractivity contribution in [2.45, 2.75) is 26.2 Å². The van der Waals surface area contributed by atoms with Crippen LogP contribution < -0.4 is 0 Å². The van der Waals surface area contributed by atoms with Crippen molar-refractivity contribution < 1.29 is 4.79 Å². The van der Waals surface area contributed by atoms with Crippen LogP contribution >= 0.6 is 0 Å². The van der Waals surface area contributed by atoms with Crippen molar-refractivity contribution in [2.75, 3.05) is 0 Å². The molecule has 0 amide bonds. The van der Waals surface area contributed by atoms with E-state index in [9.17, 15) is 4.79 Å². The van der Waals surface area contributed by atoms with Gasteiger partial charge in [-0.1, -0.05) is 36.8 Å². The van der Waals surface area contributed by atoms with Crippen molar-refractivity contribution in [1.82, 2.24) is 0 Å². The van der Waals surface area contributed by atoms with Crippen LogP contribution in [0, 0.1) is 0 Å². The fraction of sp³-hybridized carbons (Fsp3) is 0.308. The molecule has 0 bridgehead atoms. The van der Waals surface area contributed by atoms with Crippen LogP contribution in [0.15, 0.2) is 23.8 Å². The van der Waals surface area contributed by atoms with Gasteiger partial charge < -0.3 is 4.79 Å². The van der Waals surface area contributed by atoms with Crippen LogP contribution in [-0.2, 0) is 11.2 Å². The number of hydrogen-bond donors (Lipinski definition) is 0. The van der Waals surface area contributed by atoms with Gasteiger partial charge in [0.2, 0.25) is 0 Å². The smallest absolute Gasteiger partial charge is 0.124 e. The summed E-state index contributed by atoms with van der Waals surface area (Å²) in [4.78, 5) is 10.5. The molecule has 1 heteroatoms. The maximum atomic E-state index is 10.5. The number of benzene rings is 1. The summed E-state index contributed by atoms with van der Waals surface area (Å²) in [6.45, 7) is 4.36. The number of hydrogen-bond acceptors (Lipinski definition) is 1. The second kappa shape index (κ2) is 3.41. The zero-order valence-corrected chi connectivity index (χ0v) is 8.58. The fourth-order valence-electron chi connectivity index (χ4n) is 2.05. The zero-order valence-electron chi connectivity index (χ0n) is 8.58. The lowest BCUT2D eigenvalue weighted by atomic mass is 9.96. The molecular formula is C13H14O. The molecule has 0 saturated carbocycles. The number of aldehydes is 1. The van der Waals surface area contributed by atoms with E-state index in [2.05, 4.69) is 26.0 Å². The lowest BCUT2D eigenvalue weighted by molar-refractivity contribution is -0.107. The molecule has 1 unspecified atom stereocenters. The zero-order chi connectivity index (χ0) is 10.1. The summed E-state index contributed by atoms with van der Waals surface area (Å²) >= 11 is 0. The summed E-state index contributed by atoms with van der Waals surface area (Å²) in [6, 6.07) is 6.23. The Bertz CT molecular complexity index is 402. The molecule has 2 rings (SSSR count). The van der Waals surface area contributed by atoms with Crippen LogP contribution in [0.25, 0.3) is 6.08 Å². The van der Waals surface area contributed by atoms with E-state index < -0.39 is 0 Å². The van der Waals surface area contributed by atoms with Gasteiger partial charge in [0.05, 0.1) is 0 Å². The van der Waals surface area contributed by atoms with Gasteiger partial charge in [-0.25, -0.2) is 0 Å². The van der Waals surface area contributed by atoms with Crippen LogP contribution in [0.2, 0.25) is 0 Å². The third-order valence-electron chi connectivity index (χ3n) is 3.05. The van der Waals surface area contributed by atoms with Crippen LogP contribution in [-0.4, -0.2) is 6.29 Å². The third kappa shape index (κ3) is 1.29. The van der Waals surface area contributed by atoms with E-state index in [1.54, 1.807) is 0 Å². The highest BCUT2D eigenvalue weighted by atomic mass is 16.1. The molecule has 1 nitrogen and oxygen atoms in total. The molecule has 1 atom stereocenters. The van der Waals surface area contributed by atoms with E-state index in [1.807, 2.05) is 12.1 Å². The molecule has 0 N–H and O–H groups in total. The highest BCUT2D eigenvalue weighted by Crippen LogP contribution is 2.36. The standard InChI is InChI=1S/C13H14O/c1-9-8-13-11(6-7-14)4-3-5-12(13)10(9)2/h3-5,7-8,10H,6H2,1-2H3. The molecule has 0 spiro atoms. The first-order valence-corrected chi connectivity index (χ1v) is 4.97. The number of rotatable bonds is 2. The molecule has 0 radical (unpaired) electrons. The molecule has 0 aliphatic heterocycles. The first-order chi connectivity index (χ1) is 6.74. The van der Waals surface area contributed by atoms with Crippen molar-refractivity contribution in [3.05, 3.63) is 40.5 Å². The molecule has 0 saturated heterocycles. The Morgan fingerprint density at radius 3 is 2.93 bits per heavy atom. The van der Waals surface area contributed by atoms with E-state index in [1.165, 1.54) is 16.7 Å². The molecule has 0 aromatic heterocycles. The first kappa shape index (κ1) is 9.20. The van der Waals surface area contributed by atoms with Gasteiger partial charge in [-0.05, 0) is 23.6 Å². The third-order valence-corrected chi connectivity index (χ3v) is 3.05. The van der Waals surface area contributed by atoms with Gasteiger partial charge in [0.15, 0.2) is 0 Å². The minimum atomic E-state index is 0.511. The Kier molecular flexibility index (Phi) is 2.24. The maximum absolute atomic E-state index is 10.5. The molecule has 1 aliphatic rings. The molecule has 14 heavy (non-hydrogen) atoms. The van der Waals surface area contributed by atoms with Gasteiger partial charge in [0.1, 0.15) is 6.29 Å². The highest BCUT2D eigenvalue weighted by Gasteiger charge is 2.19. The molecular weight excluding hydrogens is 172 g/mol. The quantitative estimate of drug-likeness (QED) is 0.649. The van der Waals surface area contributed by atoms with Crippen LogP contribution in [0.5, 0.6) is 0 Å². The van der Waals surface area contributed by atoms with Gasteiger partial charge in [0.25, 0.3) is 0 Å². The largest absolute Gasteiger partial charge is 0.303 e. The van der Waals surface area contributed by atoms with Crippen molar-refractivity contribution in [2.24, 2.45) is 0 Å². The summed E-state index contributed by atoms with van der Waals surface area (Å²) < 4.78 is 0. The first-order valence-electron chi connectivity index (χ1n) is 4.97. The van der Waals surface area contributed by atoms with Crippen LogP contribution in [0.3, 0.4) is 0 Å². The number of carbonyl (C=O) groups is 1. The van der Waals surface area contributed by atoms with Crippen LogP contribution in [0.1, 0.15) is 36.5 Å². The minimum absolute atomic E-state index is 0.511. The second-order valence-corrected chi connectivity index (χ2v) is 3.90. The lowest BCUT2D eigenvalue weighted by Crippen LogP contribution is -1.94. The summed E-state index contributed by atoms with van der Waals surface area (Å²) in [7, 11) is 0. The summed E-state index contributed by atoms with van der Waals surface area (Å²) in [5.74, 6) is 0.511. The maximum Gasteiger partial charge on any atom is 0.124 e. The molecule has 0 fully saturated rings. The number of allylic oxidation sites excluding steroid dienone is 1. The van der Waals surface area contributed by atoms with Gasteiger partial charge in [-0.2, -0.15) is 0 Å². The van der Waals surface area contributed by atoms with E-state index in [4.69, 9.17) is 0 Å². The van der Waals surface area contributed by atoms with Crippen molar-refractivity contribution in [3.8, 4) is 0 Å². The topological polar surface area (TPSA) is 17.1 Å². The number of fused-ring (bicyclic) bond motifs is 1. The second-order valence-electron chi connectivity index (χ2n) is 3.90. The predicted molar refractivity (Wildman–Crippen MR) is 58.3 cm³/mol. The SMILES string of the molecule is CC1=Cc2c(CC=O)cccc2C1C. The van der Waals surface area contributed by atoms with Crippen molar-refractivity contribution in [1.29, 1.82) is 0 Å². The van der Waals surface area contributed by atoms with Crippen molar-refractivity contribution >= 4 is 12.4 Å². The van der Waals surface area contributed by atoms with Gasteiger partial charge >= 0.3 is 0 Å². The average molecular weight is 186 g/mol. The Labute approximate surface area is 84.5 Å². The summed E-state index contributed by atoms with van der Waals surface area (Å²) in [6.07, 6.45) is 3.71. The fourth-order valence-corrected chi connectivity index (χ4v) is 2.05. The van der Waals surface area contributed by atoms with E-state index in [0.29, 0.717) is 12.3 Å². The van der Waals surface area contributed by atoms with Crippen molar-refractivity contribution in [3.63, 3.8) is 0 Å². The predicted octanol–water partition coefficient (Wildman–Crippen LogP) is 2.95. The Hall–Kier alpha value is -1.37. The minimum Gasteiger partial charge on any atom is -0.303 e. The monoisotopic (exact) mass is 186 g/mol. The van der Waals surface area contributed by atoms with E-state index >= 15 is 0 Å². The molecule has 0 heterocycles. The molecule has 72 valence electrons. The van der Waals surface area contributed by atoms with E-state index in [0.717, 1.165) is 11.8 Å². The average Bonchev–Trinajstić information content (AvgIpc) is 2.46. The van der Waals surface area contributed by atoms with Gasteiger partial charge in [-0.3, -0.25) is 0 Å². The van der Waals surface area contributed by atoms with E-state index in [-0.39, 0.29) is 0 Å². The Balaban J connectivity index is 2.53. The molecule has 1 aromatic rings. The summed E-state index contributed by atoms with van der Waals surface area (Å²) in [5.41, 5.74) is 5.17. The Morgan fingerprint density at radius 2 is 2.21 bits per heavy atom. The Morgan fingerprint density at radius 1 is 1.43 bits per heavy atom. The van der Waals surface area contributed by atoms with Crippen LogP contribution in [0.4, 0.5) is 0 Å². The lowest BCUT2D eigenvalue weighted by Gasteiger charge is -2.08. The normalized spacial score (nSPS) is 19.0. The highest BCUT2D eigenvalue weighted by molar-refractivity contribution is 5.71. The molecule has 1 aromatic carbocycles.